The number of nitrogens with zero attached hydrogens (tertiary/aromatic N) is 4. The molecule has 6 nitrogen and oxygen atoms in total. The van der Waals surface area contributed by atoms with Gasteiger partial charge in [0.05, 0.1) is 12.7 Å². The Morgan fingerprint density at radius 2 is 1.95 bits per heavy atom. The second-order valence-electron chi connectivity index (χ2n) is 4.06. The van der Waals surface area contributed by atoms with E-state index < -0.39 is 5.82 Å². The molecule has 0 radical (unpaired) electrons. The lowest BCUT2D eigenvalue weighted by molar-refractivity contribution is 0.411. The summed E-state index contributed by atoms with van der Waals surface area (Å²) in [5, 5.41) is 0. The molecule has 0 fully saturated rings. The van der Waals surface area contributed by atoms with E-state index in [1.807, 2.05) is 0 Å². The Morgan fingerprint density at radius 1 is 1.21 bits per heavy atom. The van der Waals surface area contributed by atoms with Gasteiger partial charge in [0, 0.05) is 20.2 Å². The lowest BCUT2D eigenvalue weighted by atomic mass is 10.2. The van der Waals surface area contributed by atoms with E-state index in [2.05, 4.69) is 15.0 Å². The summed E-state index contributed by atoms with van der Waals surface area (Å²) >= 11 is 0. The van der Waals surface area contributed by atoms with Gasteiger partial charge < -0.3 is 15.4 Å². The molecule has 0 spiro atoms. The highest BCUT2D eigenvalue weighted by molar-refractivity contribution is 5.59. The number of anilines is 2. The Kier molecular flexibility index (Phi) is 3.46. The van der Waals surface area contributed by atoms with E-state index in [4.69, 9.17) is 10.5 Å². The average molecular weight is 263 g/mol. The van der Waals surface area contributed by atoms with Crippen molar-refractivity contribution in [3.8, 4) is 17.1 Å². The Hall–Kier alpha value is -2.44. The Morgan fingerprint density at radius 3 is 2.53 bits per heavy atom. The maximum absolute atomic E-state index is 14.0. The third-order valence-corrected chi connectivity index (χ3v) is 2.46. The number of benzene rings is 1. The summed E-state index contributed by atoms with van der Waals surface area (Å²) in [6.45, 7) is 0. The topological polar surface area (TPSA) is 77.2 Å². The second kappa shape index (κ2) is 5.05. The molecule has 0 bridgehead atoms. The number of methoxy groups -OCH3 is 1. The summed E-state index contributed by atoms with van der Waals surface area (Å²) < 4.78 is 18.9. The van der Waals surface area contributed by atoms with Crippen molar-refractivity contribution in [3.05, 3.63) is 24.0 Å². The van der Waals surface area contributed by atoms with E-state index in [1.54, 1.807) is 31.1 Å². The fourth-order valence-corrected chi connectivity index (χ4v) is 1.51. The molecule has 0 aliphatic rings. The standard InChI is InChI=1S/C12H14FN5O/c1-18(2)12-16-10(15-11(14)17-12)8-5-4-7(19-3)6-9(8)13/h4-6H,1-3H3,(H2,14,15,16,17). The van der Waals surface area contributed by atoms with Gasteiger partial charge in [-0.3, -0.25) is 0 Å². The first-order valence-corrected chi connectivity index (χ1v) is 5.54. The van der Waals surface area contributed by atoms with Gasteiger partial charge in [-0.15, -0.1) is 0 Å². The number of hydrogen-bond donors (Lipinski definition) is 1. The predicted molar refractivity (Wildman–Crippen MR) is 70.5 cm³/mol. The number of ether oxygens (including phenoxy) is 1. The molecule has 100 valence electrons. The summed E-state index contributed by atoms with van der Waals surface area (Å²) in [6.07, 6.45) is 0. The number of hydrogen-bond acceptors (Lipinski definition) is 6. The van der Waals surface area contributed by atoms with E-state index in [1.165, 1.54) is 13.2 Å². The lowest BCUT2D eigenvalue weighted by Crippen LogP contribution is -2.15. The van der Waals surface area contributed by atoms with E-state index in [9.17, 15) is 4.39 Å². The Bertz CT molecular complexity index is 603. The number of nitrogens with two attached hydrogens (primary N) is 1. The third kappa shape index (κ3) is 2.70. The molecule has 0 saturated carbocycles. The minimum atomic E-state index is -0.477. The Labute approximate surface area is 110 Å². The van der Waals surface area contributed by atoms with Crippen LogP contribution in [0.2, 0.25) is 0 Å². The van der Waals surface area contributed by atoms with E-state index in [-0.39, 0.29) is 17.3 Å². The quantitative estimate of drug-likeness (QED) is 0.900. The molecule has 0 aliphatic carbocycles. The molecule has 2 aromatic rings. The SMILES string of the molecule is COc1ccc(-c2nc(N)nc(N(C)C)n2)c(F)c1. The zero-order chi connectivity index (χ0) is 14.0. The van der Waals surface area contributed by atoms with E-state index in [0.717, 1.165) is 0 Å². The molecule has 2 N–H and O–H groups in total. The molecule has 2 rings (SSSR count). The van der Waals surface area contributed by atoms with E-state index >= 15 is 0 Å². The highest BCUT2D eigenvalue weighted by Crippen LogP contribution is 2.24. The minimum absolute atomic E-state index is 0.0453. The van der Waals surface area contributed by atoms with Gasteiger partial charge in [-0.25, -0.2) is 4.39 Å². The first kappa shape index (κ1) is 13.0. The normalized spacial score (nSPS) is 10.3. The minimum Gasteiger partial charge on any atom is -0.497 e. The van der Waals surface area contributed by atoms with Crippen LogP contribution >= 0.6 is 0 Å². The summed E-state index contributed by atoms with van der Waals surface area (Å²) in [5.74, 6) is 0.559. The lowest BCUT2D eigenvalue weighted by Gasteiger charge is -2.12. The predicted octanol–water partition coefficient (Wildman–Crippen LogP) is 1.33. The summed E-state index contributed by atoms with van der Waals surface area (Å²) in [7, 11) is 5.01. The van der Waals surface area contributed by atoms with Crippen molar-refractivity contribution in [2.75, 3.05) is 31.8 Å². The van der Waals surface area contributed by atoms with Crippen LogP contribution in [0.4, 0.5) is 16.3 Å². The van der Waals surface area contributed by atoms with Crippen molar-refractivity contribution in [1.82, 2.24) is 15.0 Å². The van der Waals surface area contributed by atoms with Gasteiger partial charge in [0.1, 0.15) is 11.6 Å². The molecule has 1 heterocycles. The van der Waals surface area contributed by atoms with Gasteiger partial charge in [0.25, 0.3) is 0 Å². The van der Waals surface area contributed by atoms with Gasteiger partial charge >= 0.3 is 0 Å². The van der Waals surface area contributed by atoms with Crippen LogP contribution in [0.5, 0.6) is 5.75 Å². The van der Waals surface area contributed by atoms with Gasteiger partial charge in [0.15, 0.2) is 5.82 Å². The number of rotatable bonds is 3. The molecule has 0 unspecified atom stereocenters. The molecular formula is C12H14FN5O. The van der Waals surface area contributed by atoms with Crippen molar-refractivity contribution >= 4 is 11.9 Å². The molecule has 1 aromatic carbocycles. The van der Waals surface area contributed by atoms with Gasteiger partial charge in [-0.1, -0.05) is 0 Å². The van der Waals surface area contributed by atoms with Crippen molar-refractivity contribution in [3.63, 3.8) is 0 Å². The van der Waals surface area contributed by atoms with Gasteiger partial charge in [-0.2, -0.15) is 15.0 Å². The number of nitrogen functional groups attached to an aromatic ring is 1. The molecule has 7 heteroatoms. The van der Waals surface area contributed by atoms with Crippen molar-refractivity contribution < 1.29 is 9.13 Å². The number of halogens is 1. The largest absolute Gasteiger partial charge is 0.497 e. The van der Waals surface area contributed by atoms with Gasteiger partial charge in [0.2, 0.25) is 11.9 Å². The first-order valence-electron chi connectivity index (χ1n) is 5.54. The van der Waals surface area contributed by atoms with Crippen molar-refractivity contribution in [1.29, 1.82) is 0 Å². The van der Waals surface area contributed by atoms with Crippen LogP contribution in [-0.2, 0) is 0 Å². The van der Waals surface area contributed by atoms with Crippen molar-refractivity contribution in [2.45, 2.75) is 0 Å². The van der Waals surface area contributed by atoms with Crippen LogP contribution in [0.15, 0.2) is 18.2 Å². The van der Waals surface area contributed by atoms with Crippen LogP contribution in [0.1, 0.15) is 0 Å². The molecule has 0 saturated heterocycles. The van der Waals surface area contributed by atoms with E-state index in [0.29, 0.717) is 11.7 Å². The molecule has 19 heavy (non-hydrogen) atoms. The first-order chi connectivity index (χ1) is 9.01. The van der Waals surface area contributed by atoms with Crippen LogP contribution in [0.3, 0.4) is 0 Å². The molecule has 0 aliphatic heterocycles. The monoisotopic (exact) mass is 263 g/mol. The molecule has 0 atom stereocenters. The van der Waals surface area contributed by atoms with Crippen LogP contribution in [-0.4, -0.2) is 36.2 Å². The highest BCUT2D eigenvalue weighted by Gasteiger charge is 2.13. The zero-order valence-electron chi connectivity index (χ0n) is 10.9. The smallest absolute Gasteiger partial charge is 0.230 e. The fraction of sp³-hybridized carbons (Fsp3) is 0.250. The maximum atomic E-state index is 14.0. The van der Waals surface area contributed by atoms with Crippen LogP contribution in [0, 0.1) is 5.82 Å². The summed E-state index contributed by atoms with van der Waals surface area (Å²) in [6, 6.07) is 4.45. The average Bonchev–Trinajstić information content (AvgIpc) is 2.37. The van der Waals surface area contributed by atoms with Crippen LogP contribution in [0.25, 0.3) is 11.4 Å². The number of aromatic nitrogens is 3. The third-order valence-electron chi connectivity index (χ3n) is 2.46. The highest BCUT2D eigenvalue weighted by atomic mass is 19.1. The van der Waals surface area contributed by atoms with Crippen molar-refractivity contribution in [2.24, 2.45) is 0 Å². The second-order valence-corrected chi connectivity index (χ2v) is 4.06. The fourth-order valence-electron chi connectivity index (χ4n) is 1.51. The zero-order valence-corrected chi connectivity index (χ0v) is 10.9. The Balaban J connectivity index is 2.52. The van der Waals surface area contributed by atoms with Gasteiger partial charge in [-0.05, 0) is 12.1 Å². The molecular weight excluding hydrogens is 249 g/mol. The molecule has 1 aromatic heterocycles. The van der Waals surface area contributed by atoms with Crippen LogP contribution < -0.4 is 15.4 Å². The maximum Gasteiger partial charge on any atom is 0.230 e. The summed E-state index contributed by atoms with van der Waals surface area (Å²) in [5.41, 5.74) is 5.85. The molecule has 0 amide bonds. The summed E-state index contributed by atoms with van der Waals surface area (Å²) in [4.78, 5) is 13.7.